The first-order valence-electron chi connectivity index (χ1n) is 10.4. The third-order valence-electron chi connectivity index (χ3n) is 5.83. The molecule has 1 aromatic carbocycles. The molecule has 3 aromatic rings. The molecule has 4 rings (SSSR count). The average Bonchev–Trinajstić information content (AvgIpc) is 3.30. The molecule has 1 saturated heterocycles. The third kappa shape index (κ3) is 4.15. The smallest absolute Gasteiger partial charge is 0.295 e. The van der Waals surface area contributed by atoms with Gasteiger partial charge in [-0.2, -0.15) is 13.9 Å². The summed E-state index contributed by atoms with van der Waals surface area (Å²) in [4.78, 5) is 26.0. The Bertz CT molecular complexity index is 1180. The lowest BCUT2D eigenvalue weighted by molar-refractivity contribution is -0.0556. The van der Waals surface area contributed by atoms with Gasteiger partial charge in [0.05, 0.1) is 28.7 Å². The van der Waals surface area contributed by atoms with E-state index in [0.717, 1.165) is 0 Å². The summed E-state index contributed by atoms with van der Waals surface area (Å²) in [5.41, 5.74) is 0.463. The van der Waals surface area contributed by atoms with E-state index in [1.54, 1.807) is 17.6 Å². The van der Waals surface area contributed by atoms with Gasteiger partial charge >= 0.3 is 0 Å². The van der Waals surface area contributed by atoms with E-state index in [2.05, 4.69) is 15.5 Å². The van der Waals surface area contributed by atoms with Gasteiger partial charge in [0.15, 0.2) is 0 Å². The number of aromatic amines is 1. The minimum absolute atomic E-state index is 0.0862. The highest BCUT2D eigenvalue weighted by atomic mass is 19.3. The normalized spacial score (nSPS) is 16.2. The van der Waals surface area contributed by atoms with Crippen molar-refractivity contribution in [3.05, 3.63) is 63.7 Å². The van der Waals surface area contributed by atoms with Crippen LogP contribution in [0.1, 0.15) is 53.3 Å². The highest BCUT2D eigenvalue weighted by Crippen LogP contribution is 2.29. The molecule has 1 aliphatic rings. The van der Waals surface area contributed by atoms with Crippen molar-refractivity contribution in [2.45, 2.75) is 37.8 Å². The van der Waals surface area contributed by atoms with E-state index in [-0.39, 0.29) is 22.7 Å². The van der Waals surface area contributed by atoms with Crippen molar-refractivity contribution in [1.29, 1.82) is 0 Å². The number of ether oxygens (including phenoxy) is 1. The van der Waals surface area contributed by atoms with Gasteiger partial charge in [-0.15, -0.1) is 0 Å². The SMILES string of the molecule is C[C@@H](NC(=O)c1cn(C2CCOCC2)c(=O)c2cn[nH]c12)c1cccc(C(F)(F)CO)c1. The maximum atomic E-state index is 13.9. The maximum absolute atomic E-state index is 13.9. The molecule has 1 amide bonds. The molecular formula is C22H24F2N4O4. The predicted molar refractivity (Wildman–Crippen MR) is 113 cm³/mol. The Morgan fingerprint density at radius 1 is 1.41 bits per heavy atom. The maximum Gasteiger partial charge on any atom is 0.295 e. The summed E-state index contributed by atoms with van der Waals surface area (Å²) in [6, 6.07) is 4.88. The van der Waals surface area contributed by atoms with Crippen LogP contribution in [0.3, 0.4) is 0 Å². The van der Waals surface area contributed by atoms with Crippen molar-refractivity contribution in [1.82, 2.24) is 20.1 Å². The summed E-state index contributed by atoms with van der Waals surface area (Å²) in [5.74, 6) is -3.84. The number of benzene rings is 1. The number of aliphatic hydroxyl groups is 1. The van der Waals surface area contributed by atoms with Crippen LogP contribution < -0.4 is 10.9 Å². The van der Waals surface area contributed by atoms with Crippen LogP contribution in [0.4, 0.5) is 8.78 Å². The molecule has 3 heterocycles. The largest absolute Gasteiger partial charge is 0.390 e. The average molecular weight is 446 g/mol. The molecule has 0 aliphatic carbocycles. The second-order valence-corrected chi connectivity index (χ2v) is 7.94. The molecule has 3 N–H and O–H groups in total. The summed E-state index contributed by atoms with van der Waals surface area (Å²) < 4.78 is 34.7. The number of carbonyl (C=O) groups excluding carboxylic acids is 1. The fraction of sp³-hybridized carbons (Fsp3) is 0.409. The fourth-order valence-corrected chi connectivity index (χ4v) is 3.95. The Hall–Kier alpha value is -3.11. The molecule has 0 unspecified atom stereocenters. The number of aromatic nitrogens is 3. The monoisotopic (exact) mass is 446 g/mol. The van der Waals surface area contributed by atoms with Gasteiger partial charge in [0.1, 0.15) is 6.61 Å². The molecule has 2 aromatic heterocycles. The van der Waals surface area contributed by atoms with Crippen LogP contribution in [-0.2, 0) is 10.7 Å². The zero-order valence-electron chi connectivity index (χ0n) is 17.5. The lowest BCUT2D eigenvalue weighted by Gasteiger charge is -2.25. The van der Waals surface area contributed by atoms with E-state index < -0.39 is 24.5 Å². The van der Waals surface area contributed by atoms with Crippen LogP contribution in [0.2, 0.25) is 0 Å². The first kappa shape index (κ1) is 22.1. The van der Waals surface area contributed by atoms with Crippen LogP contribution >= 0.6 is 0 Å². The molecule has 8 nitrogen and oxygen atoms in total. The number of alkyl halides is 2. The Morgan fingerprint density at radius 2 is 2.16 bits per heavy atom. The number of aliphatic hydroxyl groups excluding tert-OH is 1. The quantitative estimate of drug-likeness (QED) is 0.539. The highest BCUT2D eigenvalue weighted by molar-refractivity contribution is 6.05. The van der Waals surface area contributed by atoms with E-state index >= 15 is 0 Å². The second-order valence-electron chi connectivity index (χ2n) is 7.94. The molecule has 170 valence electrons. The summed E-state index contributed by atoms with van der Waals surface area (Å²) in [6.07, 6.45) is 4.24. The third-order valence-corrected chi connectivity index (χ3v) is 5.83. The van der Waals surface area contributed by atoms with E-state index in [1.807, 2.05) is 0 Å². The van der Waals surface area contributed by atoms with Gasteiger partial charge in [0.2, 0.25) is 0 Å². The highest BCUT2D eigenvalue weighted by Gasteiger charge is 2.31. The number of hydrogen-bond donors (Lipinski definition) is 3. The van der Waals surface area contributed by atoms with E-state index in [9.17, 15) is 18.4 Å². The van der Waals surface area contributed by atoms with Crippen molar-refractivity contribution in [3.63, 3.8) is 0 Å². The van der Waals surface area contributed by atoms with Crippen LogP contribution in [0.15, 0.2) is 41.5 Å². The van der Waals surface area contributed by atoms with Crippen molar-refractivity contribution in [2.75, 3.05) is 19.8 Å². The lowest BCUT2D eigenvalue weighted by Crippen LogP contribution is -2.32. The van der Waals surface area contributed by atoms with Crippen LogP contribution in [0.5, 0.6) is 0 Å². The molecule has 1 fully saturated rings. The number of nitrogens with zero attached hydrogens (tertiary/aromatic N) is 2. The lowest BCUT2D eigenvalue weighted by atomic mass is 10.0. The minimum Gasteiger partial charge on any atom is -0.390 e. The molecule has 10 heteroatoms. The molecule has 0 radical (unpaired) electrons. The van der Waals surface area contributed by atoms with E-state index in [0.29, 0.717) is 42.5 Å². The van der Waals surface area contributed by atoms with Gasteiger partial charge < -0.3 is 19.7 Å². The topological polar surface area (TPSA) is 109 Å². The number of carbonyl (C=O) groups is 1. The molecule has 32 heavy (non-hydrogen) atoms. The first-order valence-corrected chi connectivity index (χ1v) is 10.4. The Kier molecular flexibility index (Phi) is 6.07. The van der Waals surface area contributed by atoms with Gasteiger partial charge in [-0.1, -0.05) is 18.2 Å². The van der Waals surface area contributed by atoms with Gasteiger partial charge in [-0.3, -0.25) is 14.7 Å². The van der Waals surface area contributed by atoms with Crippen molar-refractivity contribution in [2.24, 2.45) is 0 Å². The number of amides is 1. The Labute approximate surface area is 182 Å². The van der Waals surface area contributed by atoms with Crippen LogP contribution in [-0.4, -0.2) is 45.6 Å². The molecule has 1 aliphatic heterocycles. The van der Waals surface area contributed by atoms with Crippen LogP contribution in [0, 0.1) is 0 Å². The first-order chi connectivity index (χ1) is 15.3. The number of rotatable bonds is 6. The summed E-state index contributed by atoms with van der Waals surface area (Å²) in [6.45, 7) is 1.44. The van der Waals surface area contributed by atoms with Crippen molar-refractivity contribution in [3.8, 4) is 0 Å². The summed E-state index contributed by atoms with van der Waals surface area (Å²) >= 11 is 0. The number of pyridine rings is 1. The van der Waals surface area contributed by atoms with Crippen molar-refractivity contribution < 1.29 is 23.4 Å². The standard InChI is InChI=1S/C22H24F2N4O4/c1-13(14-3-2-4-15(9-14)22(23,24)12-29)26-20(30)18-11-28(16-5-7-32-8-6-16)21(31)17-10-25-27-19(17)18/h2-4,9-11,13,16,29H,5-8,12H2,1H3,(H,25,27)(H,26,30)/t13-/m1/s1. The van der Waals surface area contributed by atoms with Gasteiger partial charge in [-0.25, -0.2) is 0 Å². The Balaban J connectivity index is 1.64. The zero-order chi connectivity index (χ0) is 22.9. The summed E-state index contributed by atoms with van der Waals surface area (Å²) in [5, 5.41) is 18.7. The minimum atomic E-state index is -3.37. The molecular weight excluding hydrogens is 422 g/mol. The van der Waals surface area contributed by atoms with Gasteiger partial charge in [0.25, 0.3) is 17.4 Å². The fourth-order valence-electron chi connectivity index (χ4n) is 3.95. The number of H-pyrrole nitrogens is 1. The van der Waals surface area contributed by atoms with E-state index in [4.69, 9.17) is 9.84 Å². The van der Waals surface area contributed by atoms with Crippen LogP contribution in [0.25, 0.3) is 10.9 Å². The summed E-state index contributed by atoms with van der Waals surface area (Å²) in [7, 11) is 0. The van der Waals surface area contributed by atoms with Crippen molar-refractivity contribution >= 4 is 16.8 Å². The number of fused-ring (bicyclic) bond motifs is 1. The molecule has 0 spiro atoms. The Morgan fingerprint density at radius 3 is 2.88 bits per heavy atom. The number of halogens is 2. The van der Waals surface area contributed by atoms with Gasteiger partial charge in [-0.05, 0) is 31.4 Å². The molecule has 0 bridgehead atoms. The van der Waals surface area contributed by atoms with Gasteiger partial charge in [0, 0.05) is 31.0 Å². The molecule has 0 saturated carbocycles. The molecule has 1 atom stereocenters. The van der Waals surface area contributed by atoms with E-state index in [1.165, 1.54) is 30.6 Å². The zero-order valence-corrected chi connectivity index (χ0v) is 17.5. The number of nitrogens with one attached hydrogen (secondary N) is 2. The second kappa shape index (κ2) is 8.79. The predicted octanol–water partition coefficient (Wildman–Crippen LogP) is 2.65. The number of hydrogen-bond acceptors (Lipinski definition) is 5.